The quantitative estimate of drug-likeness (QED) is 0.343. The van der Waals surface area contributed by atoms with Crippen molar-refractivity contribution in [3.63, 3.8) is 0 Å². The molecule has 88 valence electrons. The summed E-state index contributed by atoms with van der Waals surface area (Å²) in [5.41, 5.74) is 5.88. The van der Waals surface area contributed by atoms with Crippen LogP contribution in [0.25, 0.3) is 5.82 Å². The smallest absolute Gasteiger partial charge is 0.192 e. The summed E-state index contributed by atoms with van der Waals surface area (Å²) in [6.45, 7) is 1.98. The van der Waals surface area contributed by atoms with Crippen LogP contribution in [0.5, 0.6) is 0 Å². The molecule has 2 aromatic rings. The van der Waals surface area contributed by atoms with Crippen molar-refractivity contribution in [2.45, 2.75) is 13.3 Å². The summed E-state index contributed by atoms with van der Waals surface area (Å²) in [6.07, 6.45) is 7.21. The number of oxime groups is 1. The van der Waals surface area contributed by atoms with Crippen molar-refractivity contribution in [2.75, 3.05) is 0 Å². The first-order valence-electron chi connectivity index (χ1n) is 5.09. The molecule has 0 bridgehead atoms. The van der Waals surface area contributed by atoms with Crippen LogP contribution in [0.1, 0.15) is 18.4 Å². The molecule has 0 aromatic carbocycles. The molecular formula is C10H12N6O. The van der Waals surface area contributed by atoms with E-state index in [-0.39, 0.29) is 5.84 Å². The van der Waals surface area contributed by atoms with Crippen LogP contribution in [0.15, 0.2) is 29.9 Å². The number of aromatic nitrogens is 4. The average molecular weight is 232 g/mol. The lowest BCUT2D eigenvalue weighted by atomic mass is 10.3. The zero-order valence-electron chi connectivity index (χ0n) is 9.28. The molecule has 7 nitrogen and oxygen atoms in total. The summed E-state index contributed by atoms with van der Waals surface area (Å²) in [5.74, 6) is 1.25. The monoisotopic (exact) mass is 232 g/mol. The summed E-state index contributed by atoms with van der Waals surface area (Å²) < 4.78 is 1.76. The molecule has 0 atom stereocenters. The molecule has 7 heteroatoms. The van der Waals surface area contributed by atoms with Crippen molar-refractivity contribution in [3.05, 3.63) is 36.3 Å². The third-order valence-corrected chi connectivity index (χ3v) is 2.29. The zero-order valence-corrected chi connectivity index (χ0v) is 9.28. The van der Waals surface area contributed by atoms with Crippen LogP contribution < -0.4 is 5.73 Å². The predicted octanol–water partition coefficient (Wildman–Crippen LogP) is 0.319. The molecular weight excluding hydrogens is 220 g/mol. The zero-order chi connectivity index (χ0) is 12.3. The van der Waals surface area contributed by atoms with E-state index in [0.29, 0.717) is 11.5 Å². The highest BCUT2D eigenvalue weighted by Gasteiger charge is 2.13. The second-order valence-corrected chi connectivity index (χ2v) is 3.28. The Kier molecular flexibility index (Phi) is 2.99. The van der Waals surface area contributed by atoms with E-state index >= 15 is 0 Å². The van der Waals surface area contributed by atoms with Crippen molar-refractivity contribution in [1.29, 1.82) is 0 Å². The van der Waals surface area contributed by atoms with Crippen LogP contribution in [0, 0.1) is 0 Å². The highest BCUT2D eigenvalue weighted by atomic mass is 16.4. The van der Waals surface area contributed by atoms with E-state index in [4.69, 9.17) is 10.9 Å². The Hall–Kier alpha value is -2.44. The maximum Gasteiger partial charge on any atom is 0.192 e. The summed E-state index contributed by atoms with van der Waals surface area (Å²) >= 11 is 0. The van der Waals surface area contributed by atoms with Crippen LogP contribution in [0.4, 0.5) is 0 Å². The van der Waals surface area contributed by atoms with Crippen molar-refractivity contribution in [3.8, 4) is 5.82 Å². The van der Waals surface area contributed by atoms with Gasteiger partial charge in [0.15, 0.2) is 17.3 Å². The first-order valence-corrected chi connectivity index (χ1v) is 5.09. The predicted molar refractivity (Wildman–Crippen MR) is 61.0 cm³/mol. The average Bonchev–Trinajstić information content (AvgIpc) is 2.86. The lowest BCUT2D eigenvalue weighted by Gasteiger charge is -2.08. The Bertz CT molecular complexity index is 547. The Balaban J connectivity index is 2.60. The highest BCUT2D eigenvalue weighted by molar-refractivity contribution is 5.97. The molecule has 0 aliphatic carbocycles. The number of nitrogens with two attached hydrogens (primary N) is 1. The number of nitrogens with zero attached hydrogens (tertiary/aromatic N) is 5. The molecule has 0 unspecified atom stereocenters. The summed E-state index contributed by atoms with van der Waals surface area (Å²) in [7, 11) is 0. The molecule has 0 fully saturated rings. The van der Waals surface area contributed by atoms with Gasteiger partial charge >= 0.3 is 0 Å². The fourth-order valence-electron chi connectivity index (χ4n) is 1.52. The Morgan fingerprint density at radius 1 is 1.35 bits per heavy atom. The molecule has 0 spiro atoms. The van der Waals surface area contributed by atoms with Crippen LogP contribution in [-0.2, 0) is 6.42 Å². The van der Waals surface area contributed by atoms with Gasteiger partial charge in [0.05, 0.1) is 0 Å². The van der Waals surface area contributed by atoms with Gasteiger partial charge in [-0.3, -0.25) is 4.57 Å². The second kappa shape index (κ2) is 4.60. The van der Waals surface area contributed by atoms with E-state index < -0.39 is 0 Å². The van der Waals surface area contributed by atoms with Gasteiger partial charge in [-0.2, -0.15) is 0 Å². The topological polar surface area (TPSA) is 102 Å². The van der Waals surface area contributed by atoms with E-state index in [9.17, 15) is 0 Å². The standard InChI is InChI=1S/C10H12N6O/c1-2-7-12-5-6-16(7)10-8(9(11)15-17)13-3-4-14-10/h3-6,17H,2H2,1H3,(H2,11,15). The fraction of sp³-hybridized carbons (Fsp3) is 0.200. The minimum atomic E-state index is -0.0798. The van der Waals surface area contributed by atoms with E-state index in [1.807, 2.05) is 6.92 Å². The van der Waals surface area contributed by atoms with Gasteiger partial charge in [0, 0.05) is 31.2 Å². The van der Waals surface area contributed by atoms with Crippen LogP contribution in [-0.4, -0.2) is 30.6 Å². The minimum absolute atomic E-state index is 0.0798. The van der Waals surface area contributed by atoms with E-state index in [1.165, 1.54) is 6.20 Å². The van der Waals surface area contributed by atoms with Crippen molar-refractivity contribution >= 4 is 5.84 Å². The first-order chi connectivity index (χ1) is 8.27. The van der Waals surface area contributed by atoms with Crippen molar-refractivity contribution in [2.24, 2.45) is 10.9 Å². The summed E-state index contributed by atoms with van der Waals surface area (Å²) in [5, 5.41) is 11.6. The van der Waals surface area contributed by atoms with E-state index in [1.54, 1.807) is 23.2 Å². The van der Waals surface area contributed by atoms with Gasteiger partial charge in [0.2, 0.25) is 0 Å². The number of amidine groups is 1. The Morgan fingerprint density at radius 3 is 2.82 bits per heavy atom. The SMILES string of the molecule is CCc1nccn1-c1nccnc1C(N)=NO. The molecule has 0 saturated carbocycles. The lowest BCUT2D eigenvalue weighted by Crippen LogP contribution is -2.19. The van der Waals surface area contributed by atoms with Gasteiger partial charge in [-0.05, 0) is 0 Å². The van der Waals surface area contributed by atoms with E-state index in [2.05, 4.69) is 20.1 Å². The van der Waals surface area contributed by atoms with E-state index in [0.717, 1.165) is 12.2 Å². The number of hydrogen-bond acceptors (Lipinski definition) is 5. The fourth-order valence-corrected chi connectivity index (χ4v) is 1.52. The molecule has 0 radical (unpaired) electrons. The van der Waals surface area contributed by atoms with Crippen molar-refractivity contribution in [1.82, 2.24) is 19.5 Å². The van der Waals surface area contributed by atoms with Crippen LogP contribution in [0.3, 0.4) is 0 Å². The number of hydrogen-bond donors (Lipinski definition) is 2. The molecule has 0 aliphatic heterocycles. The molecule has 2 heterocycles. The minimum Gasteiger partial charge on any atom is -0.409 e. The van der Waals surface area contributed by atoms with Gasteiger partial charge in [0.1, 0.15) is 5.82 Å². The van der Waals surface area contributed by atoms with Gasteiger partial charge in [-0.15, -0.1) is 0 Å². The Labute approximate surface area is 97.6 Å². The molecule has 0 amide bonds. The normalized spacial score (nSPS) is 11.7. The van der Waals surface area contributed by atoms with Crippen molar-refractivity contribution < 1.29 is 5.21 Å². The van der Waals surface area contributed by atoms with Gasteiger partial charge in [-0.25, -0.2) is 15.0 Å². The number of rotatable bonds is 3. The summed E-state index contributed by atoms with van der Waals surface area (Å²) in [4.78, 5) is 12.4. The van der Waals surface area contributed by atoms with Crippen LogP contribution >= 0.6 is 0 Å². The molecule has 2 rings (SSSR count). The Morgan fingerprint density at radius 2 is 2.12 bits per heavy atom. The number of aryl methyl sites for hydroxylation is 1. The third kappa shape index (κ3) is 1.94. The highest BCUT2D eigenvalue weighted by Crippen LogP contribution is 2.11. The molecule has 2 aromatic heterocycles. The largest absolute Gasteiger partial charge is 0.409 e. The third-order valence-electron chi connectivity index (χ3n) is 2.29. The maximum atomic E-state index is 8.71. The van der Waals surface area contributed by atoms with Gasteiger partial charge < -0.3 is 10.9 Å². The first kappa shape index (κ1) is 11.1. The molecule has 3 N–H and O–H groups in total. The van der Waals surface area contributed by atoms with Gasteiger partial charge in [-0.1, -0.05) is 12.1 Å². The number of imidazole rings is 1. The van der Waals surface area contributed by atoms with Crippen LogP contribution in [0.2, 0.25) is 0 Å². The second-order valence-electron chi connectivity index (χ2n) is 3.28. The lowest BCUT2D eigenvalue weighted by molar-refractivity contribution is 0.318. The molecule has 0 aliphatic rings. The van der Waals surface area contributed by atoms with Gasteiger partial charge in [0.25, 0.3) is 0 Å². The molecule has 0 saturated heterocycles. The summed E-state index contributed by atoms with van der Waals surface area (Å²) in [6, 6.07) is 0. The molecule has 17 heavy (non-hydrogen) atoms. The maximum absolute atomic E-state index is 8.71.